The van der Waals surface area contributed by atoms with Crippen molar-refractivity contribution >= 4 is 11.9 Å². The Bertz CT molecular complexity index is 1100. The van der Waals surface area contributed by atoms with Crippen molar-refractivity contribution < 1.29 is 19.4 Å². The number of carboxylic acids is 1. The summed E-state index contributed by atoms with van der Waals surface area (Å²) >= 11 is 0. The molecule has 0 spiro atoms. The van der Waals surface area contributed by atoms with E-state index in [1.807, 2.05) is 13.8 Å². The number of carbonyl (C=O) groups is 2. The van der Waals surface area contributed by atoms with Crippen LogP contribution in [-0.2, 0) is 14.3 Å². The molecular formula is C40H69NO4. The molecule has 5 fully saturated rings. The third kappa shape index (κ3) is 5.94. The lowest BCUT2D eigenvalue weighted by Gasteiger charge is -2.72. The fourth-order valence-corrected chi connectivity index (χ4v) is 13.5. The number of carbonyl (C=O) groups excluding carboxylic acids is 1. The normalized spacial score (nSPS) is 42.3. The summed E-state index contributed by atoms with van der Waals surface area (Å²) < 4.78 is 6.27. The van der Waals surface area contributed by atoms with Crippen molar-refractivity contribution in [2.45, 2.75) is 165 Å². The summed E-state index contributed by atoms with van der Waals surface area (Å²) in [5.74, 6) is 1.96. The van der Waals surface area contributed by atoms with Crippen LogP contribution in [0.4, 0.5) is 0 Å². The SMILES string of the molecule is CCCN(CC)CC[C@]12CCC[C@@H]1[C@H]1CCC3[C@@]4(C)CC[C@H](OC(=O)CC(C)(C)CC(=O)O)C(C)(C)C4CC[C@@]3(C)[C@]1(C)CC2. The topological polar surface area (TPSA) is 66.8 Å². The molecule has 258 valence electrons. The van der Waals surface area contributed by atoms with Crippen LogP contribution < -0.4 is 0 Å². The molecule has 0 heterocycles. The van der Waals surface area contributed by atoms with Crippen molar-refractivity contribution in [2.75, 3.05) is 19.6 Å². The van der Waals surface area contributed by atoms with Crippen LogP contribution in [0.5, 0.6) is 0 Å². The van der Waals surface area contributed by atoms with Gasteiger partial charge >= 0.3 is 11.9 Å². The summed E-state index contributed by atoms with van der Waals surface area (Å²) in [7, 11) is 0. The van der Waals surface area contributed by atoms with Crippen molar-refractivity contribution in [1.29, 1.82) is 0 Å². The van der Waals surface area contributed by atoms with Gasteiger partial charge in [-0.2, -0.15) is 0 Å². The summed E-state index contributed by atoms with van der Waals surface area (Å²) in [6, 6.07) is 0. The lowest BCUT2D eigenvalue weighted by atomic mass is 9.32. The largest absolute Gasteiger partial charge is 0.481 e. The second kappa shape index (κ2) is 12.4. The van der Waals surface area contributed by atoms with Gasteiger partial charge in [0.2, 0.25) is 0 Å². The van der Waals surface area contributed by atoms with Crippen molar-refractivity contribution in [1.82, 2.24) is 4.90 Å². The van der Waals surface area contributed by atoms with E-state index in [0.29, 0.717) is 22.2 Å². The standard InChI is InChI=1S/C40H69NO4/c1-10-24-41(11-2)25-23-40-18-12-13-29(40)28-14-15-31-37(7)19-17-32(45-34(44)27-35(3,4)26-33(42)43)36(5,6)30(37)16-20-39(31,9)38(28,8)21-22-40/h28-32H,10-27H2,1-9H3,(H,42,43)/t28-,29-,30?,31?,32+,37+,38-,39-,40-/m1/s1. The van der Waals surface area contributed by atoms with Gasteiger partial charge in [-0.3, -0.25) is 9.59 Å². The maximum atomic E-state index is 13.1. The number of esters is 1. The molecule has 0 aromatic heterocycles. The van der Waals surface area contributed by atoms with Crippen LogP contribution in [0.15, 0.2) is 0 Å². The molecule has 0 amide bonds. The van der Waals surface area contributed by atoms with E-state index in [0.717, 1.165) is 30.6 Å². The highest BCUT2D eigenvalue weighted by molar-refractivity contribution is 5.73. The van der Waals surface area contributed by atoms with Gasteiger partial charge in [-0.15, -0.1) is 0 Å². The Labute approximate surface area is 276 Å². The Morgan fingerprint density at radius 2 is 1.53 bits per heavy atom. The van der Waals surface area contributed by atoms with Gasteiger partial charge in [0.1, 0.15) is 6.10 Å². The van der Waals surface area contributed by atoms with E-state index >= 15 is 0 Å². The second-order valence-corrected chi connectivity index (χ2v) is 19.0. The molecule has 45 heavy (non-hydrogen) atoms. The van der Waals surface area contributed by atoms with Crippen molar-refractivity contribution in [3.8, 4) is 0 Å². The maximum Gasteiger partial charge on any atom is 0.306 e. The zero-order chi connectivity index (χ0) is 33.1. The lowest BCUT2D eigenvalue weighted by Crippen LogP contribution is -2.66. The van der Waals surface area contributed by atoms with Crippen LogP contribution in [0.2, 0.25) is 0 Å². The zero-order valence-electron chi connectivity index (χ0n) is 30.7. The van der Waals surface area contributed by atoms with Crippen molar-refractivity contribution in [3.63, 3.8) is 0 Å². The Hall–Kier alpha value is -1.10. The lowest BCUT2D eigenvalue weighted by molar-refractivity contribution is -0.249. The summed E-state index contributed by atoms with van der Waals surface area (Å²) in [4.78, 5) is 27.2. The fourth-order valence-electron chi connectivity index (χ4n) is 13.5. The molecule has 1 N–H and O–H groups in total. The van der Waals surface area contributed by atoms with E-state index in [1.54, 1.807) is 0 Å². The molecule has 5 aliphatic carbocycles. The molecule has 0 radical (unpaired) electrons. The fraction of sp³-hybridized carbons (Fsp3) is 0.950. The average molecular weight is 628 g/mol. The van der Waals surface area contributed by atoms with Crippen LogP contribution in [0.3, 0.4) is 0 Å². The zero-order valence-corrected chi connectivity index (χ0v) is 30.7. The highest BCUT2D eigenvalue weighted by atomic mass is 16.5. The third-order valence-corrected chi connectivity index (χ3v) is 15.9. The van der Waals surface area contributed by atoms with E-state index in [9.17, 15) is 14.7 Å². The van der Waals surface area contributed by atoms with Crippen LogP contribution in [0.25, 0.3) is 0 Å². The van der Waals surface area contributed by atoms with Crippen LogP contribution in [-0.4, -0.2) is 47.7 Å². The smallest absolute Gasteiger partial charge is 0.306 e. The van der Waals surface area contributed by atoms with Gasteiger partial charge in [0.25, 0.3) is 0 Å². The van der Waals surface area contributed by atoms with Crippen molar-refractivity contribution in [3.05, 3.63) is 0 Å². The molecule has 5 nitrogen and oxygen atoms in total. The van der Waals surface area contributed by atoms with Gasteiger partial charge in [-0.25, -0.2) is 0 Å². The molecule has 5 rings (SSSR count). The number of ether oxygens (including phenoxy) is 1. The van der Waals surface area contributed by atoms with E-state index < -0.39 is 11.4 Å². The minimum atomic E-state index is -0.859. The molecule has 2 unspecified atom stereocenters. The molecule has 0 aromatic carbocycles. The molecule has 5 aliphatic rings. The molecular weight excluding hydrogens is 558 g/mol. The highest BCUT2D eigenvalue weighted by Crippen LogP contribution is 2.77. The minimum Gasteiger partial charge on any atom is -0.481 e. The molecule has 0 saturated heterocycles. The first-order valence-electron chi connectivity index (χ1n) is 19.1. The molecule has 5 saturated carbocycles. The highest BCUT2D eigenvalue weighted by Gasteiger charge is 2.70. The summed E-state index contributed by atoms with van der Waals surface area (Å²) in [5, 5.41) is 9.31. The van der Waals surface area contributed by atoms with Crippen LogP contribution in [0, 0.1) is 56.2 Å². The number of fused-ring (bicyclic) bond motifs is 7. The predicted molar refractivity (Wildman–Crippen MR) is 183 cm³/mol. The van der Waals surface area contributed by atoms with E-state index in [-0.39, 0.29) is 35.7 Å². The van der Waals surface area contributed by atoms with Gasteiger partial charge in [0.05, 0.1) is 12.8 Å². The number of rotatable bonds is 11. The van der Waals surface area contributed by atoms with E-state index in [4.69, 9.17) is 4.74 Å². The van der Waals surface area contributed by atoms with E-state index in [1.165, 1.54) is 90.3 Å². The number of carboxylic acid groups (broad SMARTS) is 1. The van der Waals surface area contributed by atoms with Crippen LogP contribution in [0.1, 0.15) is 159 Å². The average Bonchev–Trinajstić information content (AvgIpc) is 3.36. The van der Waals surface area contributed by atoms with E-state index in [2.05, 4.69) is 53.4 Å². The Morgan fingerprint density at radius 1 is 0.800 bits per heavy atom. The molecule has 0 aromatic rings. The third-order valence-electron chi connectivity index (χ3n) is 15.9. The Morgan fingerprint density at radius 3 is 2.20 bits per heavy atom. The Kier molecular flexibility index (Phi) is 9.71. The molecule has 9 atom stereocenters. The first-order valence-corrected chi connectivity index (χ1v) is 19.1. The summed E-state index contributed by atoms with van der Waals surface area (Å²) in [6.07, 6.45) is 17.3. The molecule has 5 heteroatoms. The van der Waals surface area contributed by atoms with Crippen LogP contribution >= 0.6 is 0 Å². The van der Waals surface area contributed by atoms with Gasteiger partial charge in [0, 0.05) is 5.41 Å². The quantitative estimate of drug-likeness (QED) is 0.231. The predicted octanol–water partition coefficient (Wildman–Crippen LogP) is 9.77. The monoisotopic (exact) mass is 628 g/mol. The second-order valence-electron chi connectivity index (χ2n) is 19.0. The van der Waals surface area contributed by atoms with Gasteiger partial charge < -0.3 is 14.7 Å². The molecule has 0 aliphatic heterocycles. The number of nitrogens with zero attached hydrogens (tertiary/aromatic N) is 1. The number of hydrogen-bond acceptors (Lipinski definition) is 4. The first kappa shape index (κ1) is 35.2. The first-order chi connectivity index (χ1) is 21.0. The van der Waals surface area contributed by atoms with Gasteiger partial charge in [0.15, 0.2) is 0 Å². The number of hydrogen-bond donors (Lipinski definition) is 1. The van der Waals surface area contributed by atoms with Gasteiger partial charge in [-0.05, 0) is 147 Å². The summed E-state index contributed by atoms with van der Waals surface area (Å²) in [5.41, 5.74) is 0.947. The van der Waals surface area contributed by atoms with Crippen molar-refractivity contribution in [2.24, 2.45) is 56.2 Å². The minimum absolute atomic E-state index is 0.0189. The van der Waals surface area contributed by atoms with Gasteiger partial charge in [-0.1, -0.05) is 68.7 Å². The maximum absolute atomic E-state index is 13.1. The number of aliphatic carboxylic acids is 1. The molecule has 0 bridgehead atoms. The Balaban J connectivity index is 1.32. The summed E-state index contributed by atoms with van der Waals surface area (Å²) in [6.45, 7) is 25.0.